The number of halogens is 2. The van der Waals surface area contributed by atoms with Crippen molar-refractivity contribution < 1.29 is 4.79 Å². The second kappa shape index (κ2) is 8.30. The van der Waals surface area contributed by atoms with Crippen molar-refractivity contribution in [3.8, 4) is 0 Å². The van der Waals surface area contributed by atoms with Gasteiger partial charge in [-0.15, -0.1) is 0 Å². The van der Waals surface area contributed by atoms with E-state index in [1.54, 1.807) is 6.20 Å². The first-order chi connectivity index (χ1) is 17.1. The fourth-order valence-electron chi connectivity index (χ4n) is 4.53. The van der Waals surface area contributed by atoms with Crippen molar-refractivity contribution in [3.05, 3.63) is 89.2 Å². The zero-order valence-electron chi connectivity index (χ0n) is 18.7. The summed E-state index contributed by atoms with van der Waals surface area (Å²) in [4.78, 5) is 26.6. The molecule has 2 aliphatic rings. The fourth-order valence-corrected chi connectivity index (χ4v) is 9.96. The van der Waals surface area contributed by atoms with Gasteiger partial charge in [0.2, 0.25) is 0 Å². The van der Waals surface area contributed by atoms with Crippen molar-refractivity contribution >= 4 is 57.8 Å². The maximum atomic E-state index is 12.9. The number of rotatable bonds is 6. The molecule has 1 saturated heterocycles. The molecule has 0 bridgehead atoms. The van der Waals surface area contributed by atoms with Crippen LogP contribution in [0.2, 0.25) is 5.02 Å². The summed E-state index contributed by atoms with van der Waals surface area (Å²) in [6.07, 6.45) is 10.4. The van der Waals surface area contributed by atoms with Gasteiger partial charge in [0.25, 0.3) is 0 Å². The van der Waals surface area contributed by atoms with Gasteiger partial charge in [0.1, 0.15) is 0 Å². The second-order valence-corrected chi connectivity index (χ2v) is 15.2. The first kappa shape index (κ1) is 21.3. The summed E-state index contributed by atoms with van der Waals surface area (Å²) in [7, 11) is 0. The van der Waals surface area contributed by atoms with E-state index in [1.165, 1.54) is 24.0 Å². The molecular formula is C26H22ClIN6O. The van der Waals surface area contributed by atoms with Gasteiger partial charge in [-0.25, -0.2) is 0 Å². The number of carbonyl (C=O) groups excluding carboxylic acids is 1. The molecule has 4 aromatic heterocycles. The van der Waals surface area contributed by atoms with Gasteiger partial charge in [0, 0.05) is 0 Å². The third kappa shape index (κ3) is 4.18. The van der Waals surface area contributed by atoms with E-state index in [0.29, 0.717) is 22.2 Å². The molecule has 35 heavy (non-hydrogen) atoms. The number of benzene rings is 1. The summed E-state index contributed by atoms with van der Waals surface area (Å²) in [5.41, 5.74) is 6.21. The summed E-state index contributed by atoms with van der Waals surface area (Å²) < 4.78 is 5.66. The topological polar surface area (TPSA) is 77.1 Å². The fraction of sp³-hybridized carbons (Fsp3) is 0.231. The van der Waals surface area contributed by atoms with Crippen LogP contribution in [0.25, 0.3) is 16.7 Å². The molecule has 7 nitrogen and oxygen atoms in total. The minimum absolute atomic E-state index is 0.143. The molecule has 1 atom stereocenters. The molecule has 0 spiro atoms. The van der Waals surface area contributed by atoms with Crippen LogP contribution in [0, 0.1) is 0 Å². The number of fused-ring (bicyclic) bond motifs is 2. The van der Waals surface area contributed by atoms with Crippen molar-refractivity contribution in [3.63, 3.8) is 0 Å². The van der Waals surface area contributed by atoms with E-state index in [9.17, 15) is 4.79 Å². The maximum absolute atomic E-state index is 12.9. The van der Waals surface area contributed by atoms with E-state index >= 15 is 0 Å². The van der Waals surface area contributed by atoms with E-state index < -0.39 is 19.8 Å². The van der Waals surface area contributed by atoms with Crippen LogP contribution in [0.1, 0.15) is 39.5 Å². The van der Waals surface area contributed by atoms with Crippen LogP contribution < -0.4 is 5.32 Å². The number of hydrogen-bond donors (Lipinski definition) is 1. The number of pyridine rings is 2. The summed E-state index contributed by atoms with van der Waals surface area (Å²) in [6, 6.07) is 14.1. The Labute approximate surface area is 213 Å². The SMILES string of the molecule is O=C(Nc1cc2c(cn1)ncn2Cc1cn2cc(C3CC3)ccc2n1)I1C[C@@H]1c1cccc(Cl)c1. The van der Waals surface area contributed by atoms with Gasteiger partial charge in [-0.05, 0) is 18.8 Å². The molecule has 1 aliphatic carbocycles. The number of imidazole rings is 2. The summed E-state index contributed by atoms with van der Waals surface area (Å²) in [6.45, 7) is 0.601. The Balaban J connectivity index is 1.09. The van der Waals surface area contributed by atoms with Crippen LogP contribution in [0.3, 0.4) is 0 Å². The van der Waals surface area contributed by atoms with Crippen molar-refractivity contribution in [1.29, 1.82) is 0 Å². The predicted octanol–water partition coefficient (Wildman–Crippen LogP) is 6.45. The normalized spacial score (nSPS) is 18.3. The number of alkyl halides is 2. The molecule has 2 fully saturated rings. The minimum atomic E-state index is -1.76. The second-order valence-electron chi connectivity index (χ2n) is 9.14. The van der Waals surface area contributed by atoms with Gasteiger partial charge in [-0.3, -0.25) is 0 Å². The van der Waals surface area contributed by atoms with Crippen LogP contribution in [-0.4, -0.2) is 32.3 Å². The molecule has 1 N–H and O–H groups in total. The standard InChI is InChI=1S/C26H22ClIN6O/c27-19-3-1-2-17(8-19)21-10-28(21)26(35)32-24-9-23-22(11-29-24)30-15-34(23)14-20-13-33-12-18(16-4-5-16)6-7-25(33)31-20/h1-3,6-9,11-13,15-16,21H,4-5,10,14H2,(H,29,32,35)/t21-/m1/s1. The Morgan fingerprint density at radius 1 is 1.11 bits per heavy atom. The van der Waals surface area contributed by atoms with Crippen LogP contribution in [0.15, 0.2) is 67.4 Å². The first-order valence-corrected chi connectivity index (χ1v) is 15.8. The number of amides is 1. The Morgan fingerprint density at radius 3 is 2.89 bits per heavy atom. The molecule has 1 amide bonds. The van der Waals surface area contributed by atoms with Crippen molar-refractivity contribution in [1.82, 2.24) is 23.9 Å². The van der Waals surface area contributed by atoms with E-state index in [0.717, 1.165) is 31.8 Å². The molecular weight excluding hydrogens is 575 g/mol. The summed E-state index contributed by atoms with van der Waals surface area (Å²) in [5.74, 6) is 1.28. The van der Waals surface area contributed by atoms with E-state index in [2.05, 4.69) is 54.8 Å². The van der Waals surface area contributed by atoms with E-state index in [-0.39, 0.29) is 3.91 Å². The predicted molar refractivity (Wildman–Crippen MR) is 146 cm³/mol. The van der Waals surface area contributed by atoms with Crippen molar-refractivity contribution in [2.45, 2.75) is 29.2 Å². The van der Waals surface area contributed by atoms with Gasteiger partial charge in [0.15, 0.2) is 0 Å². The molecule has 1 aromatic carbocycles. The van der Waals surface area contributed by atoms with Gasteiger partial charge in [-0.1, -0.05) is 0 Å². The zero-order valence-corrected chi connectivity index (χ0v) is 21.6. The molecule has 9 heteroatoms. The average Bonchev–Trinajstić information content (AvgIpc) is 3.78. The van der Waals surface area contributed by atoms with Gasteiger partial charge in [-0.2, -0.15) is 0 Å². The van der Waals surface area contributed by atoms with Crippen molar-refractivity contribution in [2.75, 3.05) is 9.74 Å². The monoisotopic (exact) mass is 596 g/mol. The zero-order chi connectivity index (χ0) is 23.5. The first-order valence-electron chi connectivity index (χ1n) is 11.6. The van der Waals surface area contributed by atoms with Gasteiger partial charge < -0.3 is 0 Å². The third-order valence-corrected chi connectivity index (χ3v) is 12.0. The molecule has 0 unspecified atom stereocenters. The quantitative estimate of drug-likeness (QED) is 0.106. The number of anilines is 1. The van der Waals surface area contributed by atoms with Crippen LogP contribution >= 0.6 is 31.4 Å². The number of carbonyl (C=O) groups is 1. The molecule has 1 aliphatic heterocycles. The van der Waals surface area contributed by atoms with Crippen LogP contribution in [-0.2, 0) is 6.54 Å². The van der Waals surface area contributed by atoms with Crippen LogP contribution in [0.5, 0.6) is 0 Å². The number of hydrogen-bond acceptors (Lipinski definition) is 4. The molecule has 5 aromatic rings. The van der Waals surface area contributed by atoms with E-state index in [1.807, 2.05) is 30.6 Å². The van der Waals surface area contributed by atoms with Gasteiger partial charge >= 0.3 is 196 Å². The summed E-state index contributed by atoms with van der Waals surface area (Å²) >= 11 is 4.36. The molecule has 176 valence electrons. The number of aromatic nitrogens is 5. The Bertz CT molecular complexity index is 1610. The Morgan fingerprint density at radius 2 is 2.03 bits per heavy atom. The van der Waals surface area contributed by atoms with Crippen LogP contribution in [0.4, 0.5) is 10.6 Å². The number of nitrogens with zero attached hydrogens (tertiary/aromatic N) is 5. The van der Waals surface area contributed by atoms with E-state index in [4.69, 9.17) is 16.6 Å². The van der Waals surface area contributed by atoms with Crippen molar-refractivity contribution in [2.24, 2.45) is 0 Å². The third-order valence-electron chi connectivity index (χ3n) is 6.59. The Hall–Kier alpha value is -2.98. The summed E-state index contributed by atoms with van der Waals surface area (Å²) in [5, 5.41) is 3.78. The van der Waals surface area contributed by atoms with Gasteiger partial charge in [0.05, 0.1) is 0 Å². The molecule has 1 saturated carbocycles. The molecule has 7 rings (SSSR count). The molecule has 0 radical (unpaired) electrons. The molecule has 5 heterocycles. The average molecular weight is 597 g/mol. The Kier molecular flexibility index (Phi) is 5.06. The number of nitrogens with one attached hydrogen (secondary N) is 1.